The van der Waals surface area contributed by atoms with E-state index in [9.17, 15) is 0 Å². The Kier molecular flexibility index (Phi) is 5.46. The maximum atomic E-state index is 3.52. The molecule has 0 saturated carbocycles. The highest BCUT2D eigenvalue weighted by molar-refractivity contribution is 9.10. The number of benzene rings is 1. The fraction of sp³-hybridized carbons (Fsp3) is 0.538. The number of rotatable bonds is 5. The lowest BCUT2D eigenvalue weighted by Crippen LogP contribution is -2.35. The first-order chi connectivity index (χ1) is 7.47. The summed E-state index contributed by atoms with van der Waals surface area (Å²) in [6.45, 7) is 6.32. The maximum absolute atomic E-state index is 3.52. The van der Waals surface area contributed by atoms with Crippen LogP contribution >= 0.6 is 15.9 Å². The van der Waals surface area contributed by atoms with Gasteiger partial charge in [-0.15, -0.1) is 0 Å². The quantitative estimate of drug-likeness (QED) is 0.895. The summed E-state index contributed by atoms with van der Waals surface area (Å²) in [5.74, 6) is 0. The lowest BCUT2D eigenvalue weighted by atomic mass is 10.1. The Morgan fingerprint density at radius 3 is 2.56 bits per heavy atom. The van der Waals surface area contributed by atoms with Crippen LogP contribution in [0.25, 0.3) is 0 Å². The molecule has 0 aliphatic rings. The van der Waals surface area contributed by atoms with Gasteiger partial charge in [-0.05, 0) is 51.2 Å². The molecule has 0 spiro atoms. The second-order valence-electron chi connectivity index (χ2n) is 4.68. The fourth-order valence-electron chi connectivity index (χ4n) is 1.82. The third kappa shape index (κ3) is 5.10. The Bertz CT molecular complexity index is 316. The molecule has 1 aromatic carbocycles. The molecule has 0 aliphatic heterocycles. The molecule has 0 saturated heterocycles. The molecule has 1 N–H and O–H groups in total. The molecule has 90 valence electrons. The smallest absolute Gasteiger partial charge is 0.0209 e. The summed E-state index contributed by atoms with van der Waals surface area (Å²) in [4.78, 5) is 2.20. The predicted molar refractivity (Wildman–Crippen MR) is 73.7 cm³/mol. The van der Waals surface area contributed by atoms with Crippen LogP contribution in [-0.2, 0) is 6.54 Å². The van der Waals surface area contributed by atoms with E-state index < -0.39 is 0 Å². The molecule has 0 amide bonds. The first-order valence-electron chi connectivity index (χ1n) is 5.61. The van der Waals surface area contributed by atoms with E-state index >= 15 is 0 Å². The van der Waals surface area contributed by atoms with Crippen LogP contribution in [0.2, 0.25) is 0 Å². The van der Waals surface area contributed by atoms with E-state index in [-0.39, 0.29) is 0 Å². The highest BCUT2D eigenvalue weighted by Gasteiger charge is 2.03. The molecule has 0 aromatic heterocycles. The minimum absolute atomic E-state index is 0.509. The zero-order chi connectivity index (χ0) is 12.1. The third-order valence-corrected chi connectivity index (χ3v) is 2.85. The lowest BCUT2D eigenvalue weighted by molar-refractivity contribution is 0.349. The highest BCUT2D eigenvalue weighted by Crippen LogP contribution is 2.15. The van der Waals surface area contributed by atoms with Crippen molar-refractivity contribution in [2.75, 3.05) is 20.6 Å². The summed E-state index contributed by atoms with van der Waals surface area (Å²) >= 11 is 3.52. The fourth-order valence-corrected chi connectivity index (χ4v) is 2.47. The SMILES string of the molecule is Cc1cc(Br)cc(CNC(C)CN(C)C)c1. The van der Waals surface area contributed by atoms with E-state index in [4.69, 9.17) is 0 Å². The predicted octanol–water partition coefficient (Wildman–Crippen LogP) is 2.80. The van der Waals surface area contributed by atoms with Crippen LogP contribution < -0.4 is 5.32 Å². The minimum atomic E-state index is 0.509. The number of halogens is 1. The molecule has 0 fully saturated rings. The summed E-state index contributed by atoms with van der Waals surface area (Å²) in [6.07, 6.45) is 0. The molecule has 0 bridgehead atoms. The maximum Gasteiger partial charge on any atom is 0.0209 e. The first-order valence-corrected chi connectivity index (χ1v) is 6.41. The molecule has 0 aliphatic carbocycles. The van der Waals surface area contributed by atoms with E-state index in [0.29, 0.717) is 6.04 Å². The molecule has 1 atom stereocenters. The van der Waals surface area contributed by atoms with Crippen LogP contribution in [-0.4, -0.2) is 31.6 Å². The van der Waals surface area contributed by atoms with Crippen molar-refractivity contribution in [1.82, 2.24) is 10.2 Å². The van der Waals surface area contributed by atoms with Crippen molar-refractivity contribution in [3.63, 3.8) is 0 Å². The zero-order valence-corrected chi connectivity index (χ0v) is 12.1. The number of likely N-dealkylation sites (N-methyl/N-ethyl adjacent to an activating group) is 1. The van der Waals surface area contributed by atoms with Crippen molar-refractivity contribution < 1.29 is 0 Å². The van der Waals surface area contributed by atoms with Gasteiger partial charge in [-0.1, -0.05) is 22.0 Å². The molecular formula is C13H21BrN2. The summed E-state index contributed by atoms with van der Waals surface area (Å²) < 4.78 is 1.16. The molecule has 3 heteroatoms. The highest BCUT2D eigenvalue weighted by atomic mass is 79.9. The van der Waals surface area contributed by atoms with Crippen LogP contribution in [0.5, 0.6) is 0 Å². The van der Waals surface area contributed by atoms with E-state index in [1.54, 1.807) is 0 Å². The van der Waals surface area contributed by atoms with Crippen molar-refractivity contribution in [3.05, 3.63) is 33.8 Å². The zero-order valence-electron chi connectivity index (χ0n) is 10.5. The summed E-state index contributed by atoms with van der Waals surface area (Å²) in [6, 6.07) is 7.03. The molecule has 0 radical (unpaired) electrons. The van der Waals surface area contributed by atoms with E-state index in [1.165, 1.54) is 11.1 Å². The summed E-state index contributed by atoms with van der Waals surface area (Å²) in [7, 11) is 4.20. The van der Waals surface area contributed by atoms with Crippen LogP contribution in [0.15, 0.2) is 22.7 Å². The Hall–Kier alpha value is -0.380. The molecule has 1 unspecified atom stereocenters. The number of hydrogen-bond donors (Lipinski definition) is 1. The van der Waals surface area contributed by atoms with Gasteiger partial charge in [-0.3, -0.25) is 0 Å². The molecule has 1 aromatic rings. The van der Waals surface area contributed by atoms with Crippen LogP contribution in [0.1, 0.15) is 18.1 Å². The van der Waals surface area contributed by atoms with Crippen molar-refractivity contribution in [1.29, 1.82) is 0 Å². The Labute approximate surface area is 107 Å². The number of hydrogen-bond acceptors (Lipinski definition) is 2. The minimum Gasteiger partial charge on any atom is -0.309 e. The van der Waals surface area contributed by atoms with E-state index in [2.05, 4.69) is 72.3 Å². The lowest BCUT2D eigenvalue weighted by Gasteiger charge is -2.18. The van der Waals surface area contributed by atoms with Gasteiger partial charge in [-0.2, -0.15) is 0 Å². The van der Waals surface area contributed by atoms with Crippen LogP contribution in [0.4, 0.5) is 0 Å². The topological polar surface area (TPSA) is 15.3 Å². The Balaban J connectivity index is 2.48. The molecule has 0 heterocycles. The van der Waals surface area contributed by atoms with Crippen molar-refractivity contribution in [2.24, 2.45) is 0 Å². The van der Waals surface area contributed by atoms with Gasteiger partial charge in [0.05, 0.1) is 0 Å². The normalized spacial score (nSPS) is 13.1. The Morgan fingerprint density at radius 1 is 1.31 bits per heavy atom. The van der Waals surface area contributed by atoms with Crippen molar-refractivity contribution >= 4 is 15.9 Å². The van der Waals surface area contributed by atoms with Gasteiger partial charge in [0.2, 0.25) is 0 Å². The average molecular weight is 285 g/mol. The van der Waals surface area contributed by atoms with Gasteiger partial charge in [0, 0.05) is 23.6 Å². The molecule has 16 heavy (non-hydrogen) atoms. The number of aryl methyl sites for hydroxylation is 1. The van der Waals surface area contributed by atoms with Gasteiger partial charge < -0.3 is 10.2 Å². The van der Waals surface area contributed by atoms with Crippen molar-refractivity contribution in [2.45, 2.75) is 26.4 Å². The molecular weight excluding hydrogens is 264 g/mol. The van der Waals surface area contributed by atoms with Gasteiger partial charge >= 0.3 is 0 Å². The van der Waals surface area contributed by atoms with E-state index in [1.807, 2.05) is 0 Å². The van der Waals surface area contributed by atoms with Crippen LogP contribution in [0.3, 0.4) is 0 Å². The monoisotopic (exact) mass is 284 g/mol. The standard InChI is InChI=1S/C13H21BrN2/c1-10-5-12(7-13(14)6-10)8-15-11(2)9-16(3)4/h5-7,11,15H,8-9H2,1-4H3. The second kappa shape index (κ2) is 6.38. The molecule has 2 nitrogen and oxygen atoms in total. The number of nitrogens with one attached hydrogen (secondary N) is 1. The van der Waals surface area contributed by atoms with Gasteiger partial charge in [0.25, 0.3) is 0 Å². The van der Waals surface area contributed by atoms with Crippen LogP contribution in [0, 0.1) is 6.92 Å². The van der Waals surface area contributed by atoms with Gasteiger partial charge in [-0.25, -0.2) is 0 Å². The Morgan fingerprint density at radius 2 is 2.00 bits per heavy atom. The van der Waals surface area contributed by atoms with E-state index in [0.717, 1.165) is 17.6 Å². The summed E-state index contributed by atoms with van der Waals surface area (Å²) in [5.41, 5.74) is 2.63. The van der Waals surface area contributed by atoms with Crippen molar-refractivity contribution in [3.8, 4) is 0 Å². The van der Waals surface area contributed by atoms with Gasteiger partial charge in [0.15, 0.2) is 0 Å². The van der Waals surface area contributed by atoms with Gasteiger partial charge in [0.1, 0.15) is 0 Å². The third-order valence-electron chi connectivity index (χ3n) is 2.40. The number of nitrogens with zero attached hydrogens (tertiary/aromatic N) is 1. The largest absolute Gasteiger partial charge is 0.309 e. The second-order valence-corrected chi connectivity index (χ2v) is 5.60. The summed E-state index contributed by atoms with van der Waals surface area (Å²) in [5, 5.41) is 3.52. The first kappa shape index (κ1) is 13.7. The average Bonchev–Trinajstić information content (AvgIpc) is 2.12. The molecule has 1 rings (SSSR count).